The van der Waals surface area contributed by atoms with Gasteiger partial charge in [-0.05, 0) is 68.4 Å². The Morgan fingerprint density at radius 1 is 0.913 bits per heavy atom. The molecule has 12 nitrogen and oxygen atoms in total. The maximum atomic E-state index is 14.0. The molecule has 0 fully saturated rings. The highest BCUT2D eigenvalue weighted by Gasteiger charge is 2.50. The number of rotatable bonds is 12. The number of fused-ring (bicyclic) bond motifs is 1. The minimum atomic E-state index is -1.20. The van der Waals surface area contributed by atoms with E-state index in [1.54, 1.807) is 13.8 Å². The number of methoxy groups -OCH3 is 1. The van der Waals surface area contributed by atoms with Crippen molar-refractivity contribution in [1.82, 2.24) is 20.6 Å². The normalized spacial score (nSPS) is 22.4. The summed E-state index contributed by atoms with van der Waals surface area (Å²) in [6.07, 6.45) is 2.57. The van der Waals surface area contributed by atoms with E-state index < -0.39 is 29.6 Å². The summed E-state index contributed by atoms with van der Waals surface area (Å²) in [5.74, 6) is -4.53. The molecular weight excluding hydrogens is 592 g/mol. The largest absolute Gasteiger partial charge is 0.481 e. The van der Waals surface area contributed by atoms with Crippen molar-refractivity contribution >= 4 is 29.5 Å². The predicted molar refractivity (Wildman–Crippen MR) is 167 cm³/mol. The molecule has 2 unspecified atom stereocenters. The van der Waals surface area contributed by atoms with Crippen molar-refractivity contribution in [2.45, 2.75) is 77.8 Å². The van der Waals surface area contributed by atoms with Crippen molar-refractivity contribution in [2.24, 2.45) is 5.92 Å². The number of ketones is 1. The van der Waals surface area contributed by atoms with Gasteiger partial charge in [-0.3, -0.25) is 24.0 Å². The molecular formula is C34H40N4O8. The molecule has 12 heteroatoms. The first kappa shape index (κ1) is 32.7. The number of hydrogen-bond acceptors (Lipinski definition) is 7. The topological polar surface area (TPSA) is 191 Å². The molecule has 3 aliphatic rings. The number of nitrogens with one attached hydrogen (secondary N) is 4. The number of Topliss-reactive ketones (excluding diaryl/α,β-unsaturated/α-hetero) is 1. The van der Waals surface area contributed by atoms with Gasteiger partial charge in [-0.1, -0.05) is 12.7 Å². The zero-order chi connectivity index (χ0) is 33.6. The first-order chi connectivity index (χ1) is 21.8. The van der Waals surface area contributed by atoms with E-state index in [-0.39, 0.29) is 43.3 Å². The number of aliphatic hydroxyl groups excluding tert-OH is 1. The molecule has 0 spiro atoms. The quantitative estimate of drug-likeness (QED) is 0.152. The third-order valence-electron chi connectivity index (χ3n) is 9.87. The highest BCUT2D eigenvalue weighted by atomic mass is 16.5. The molecule has 2 aliphatic heterocycles. The average Bonchev–Trinajstić information content (AvgIpc) is 3.74. The average molecular weight is 633 g/mol. The summed E-state index contributed by atoms with van der Waals surface area (Å²) in [6, 6.07) is -0.688. The molecule has 0 saturated carbocycles. The standard InChI is InChI=1S/C34H40N4O8/c1-7-18-14(2)22(37-33(18)44)12-21-15(3)20(8-9-25(40)41)29(35-21)27-28(34(45)46-6)31(42)26-17(5)23(36-30(26)27)13-24-19(10-11-39)16(4)32(43)38-24/h7,22,24,27-28,35-36,39H,1,8-13H2,2-6H3,(H,37,44)(H,38,43)(H,40,41)/t22?,24?,27-,28+/m1/s1. The van der Waals surface area contributed by atoms with Crippen molar-refractivity contribution in [1.29, 1.82) is 0 Å². The predicted octanol–water partition coefficient (Wildman–Crippen LogP) is 2.38. The molecule has 0 radical (unpaired) electrons. The van der Waals surface area contributed by atoms with Gasteiger partial charge < -0.3 is 35.6 Å². The number of aromatic amines is 2. The highest BCUT2D eigenvalue weighted by molar-refractivity contribution is 6.14. The van der Waals surface area contributed by atoms with Crippen LogP contribution in [0.15, 0.2) is 34.9 Å². The minimum Gasteiger partial charge on any atom is -0.481 e. The highest BCUT2D eigenvalue weighted by Crippen LogP contribution is 2.47. The molecule has 5 rings (SSSR count). The second kappa shape index (κ2) is 12.6. The minimum absolute atomic E-state index is 0.109. The number of esters is 1. The summed E-state index contributed by atoms with van der Waals surface area (Å²) in [6.45, 7) is 10.9. The first-order valence-corrected chi connectivity index (χ1v) is 15.3. The van der Waals surface area contributed by atoms with Crippen LogP contribution in [0.4, 0.5) is 0 Å². The fourth-order valence-electron chi connectivity index (χ4n) is 7.32. The number of aliphatic carboxylic acids is 1. The molecule has 2 aromatic rings. The molecule has 2 amide bonds. The number of aromatic nitrogens is 2. The Hall–Kier alpha value is -4.71. The van der Waals surface area contributed by atoms with E-state index in [1.165, 1.54) is 13.2 Å². The Morgan fingerprint density at radius 2 is 1.54 bits per heavy atom. The summed E-state index contributed by atoms with van der Waals surface area (Å²) < 4.78 is 5.11. The molecule has 0 aromatic carbocycles. The third kappa shape index (κ3) is 5.40. The third-order valence-corrected chi connectivity index (χ3v) is 9.87. The lowest BCUT2D eigenvalue weighted by Crippen LogP contribution is -2.32. The van der Waals surface area contributed by atoms with Gasteiger partial charge in [0.15, 0.2) is 5.78 Å². The van der Waals surface area contributed by atoms with Gasteiger partial charge >= 0.3 is 11.9 Å². The zero-order valence-electron chi connectivity index (χ0n) is 26.7. The van der Waals surface area contributed by atoms with E-state index in [0.717, 1.165) is 22.4 Å². The van der Waals surface area contributed by atoms with Crippen molar-refractivity contribution in [3.8, 4) is 0 Å². The Labute approximate surface area is 266 Å². The number of carboxylic acids is 1. The Morgan fingerprint density at radius 3 is 2.15 bits per heavy atom. The van der Waals surface area contributed by atoms with Crippen LogP contribution < -0.4 is 10.6 Å². The summed E-state index contributed by atoms with van der Waals surface area (Å²) >= 11 is 0. The van der Waals surface area contributed by atoms with Crippen LogP contribution in [0, 0.1) is 19.8 Å². The SMILES string of the molecule is C=CC1=C(C)C(Cc2[nH]c([C@@H]3c4[nH]c(CC5NC(=O)C(C)=C5CCO)c(C)c4C(=O)[C@H]3C(=O)OC)c(CCC(=O)O)c2C)NC1=O. The number of carbonyl (C=O) groups excluding carboxylic acids is 4. The fourth-order valence-corrected chi connectivity index (χ4v) is 7.32. The molecule has 0 saturated heterocycles. The zero-order valence-corrected chi connectivity index (χ0v) is 26.7. The van der Waals surface area contributed by atoms with Crippen LogP contribution in [0.2, 0.25) is 0 Å². The Kier molecular flexibility index (Phi) is 8.94. The van der Waals surface area contributed by atoms with Crippen molar-refractivity contribution in [3.05, 3.63) is 80.0 Å². The summed E-state index contributed by atoms with van der Waals surface area (Å²) in [7, 11) is 1.23. The van der Waals surface area contributed by atoms with E-state index in [1.807, 2.05) is 13.8 Å². The Balaban J connectivity index is 1.61. The van der Waals surface area contributed by atoms with Gasteiger partial charge in [-0.15, -0.1) is 0 Å². The lowest BCUT2D eigenvalue weighted by molar-refractivity contribution is -0.144. The number of carbonyl (C=O) groups is 5. The second-order valence-electron chi connectivity index (χ2n) is 12.3. The maximum Gasteiger partial charge on any atom is 0.317 e. The van der Waals surface area contributed by atoms with Gasteiger partial charge in [0.1, 0.15) is 5.92 Å². The van der Waals surface area contributed by atoms with Crippen LogP contribution in [0.5, 0.6) is 0 Å². The Bertz CT molecular complexity index is 1740. The van der Waals surface area contributed by atoms with Gasteiger partial charge in [0.2, 0.25) is 5.91 Å². The summed E-state index contributed by atoms with van der Waals surface area (Å²) in [5.41, 5.74) is 7.76. The van der Waals surface area contributed by atoms with Gasteiger partial charge in [0.25, 0.3) is 5.91 Å². The van der Waals surface area contributed by atoms with Crippen LogP contribution in [-0.2, 0) is 43.2 Å². The molecule has 244 valence electrons. The van der Waals surface area contributed by atoms with Gasteiger partial charge in [-0.25, -0.2) is 0 Å². The van der Waals surface area contributed by atoms with Crippen LogP contribution in [-0.4, -0.2) is 75.5 Å². The number of amides is 2. The monoisotopic (exact) mass is 632 g/mol. The van der Waals surface area contributed by atoms with Crippen molar-refractivity contribution in [2.75, 3.05) is 13.7 Å². The molecule has 4 atom stereocenters. The van der Waals surface area contributed by atoms with Crippen LogP contribution in [0.25, 0.3) is 0 Å². The lowest BCUT2D eigenvalue weighted by Gasteiger charge is -2.20. The molecule has 1 aliphatic carbocycles. The number of carboxylic acid groups (broad SMARTS) is 1. The lowest BCUT2D eigenvalue weighted by atomic mass is 9.87. The molecule has 6 N–H and O–H groups in total. The maximum absolute atomic E-state index is 14.0. The number of H-pyrrole nitrogens is 2. The van der Waals surface area contributed by atoms with E-state index >= 15 is 0 Å². The smallest absolute Gasteiger partial charge is 0.317 e. The van der Waals surface area contributed by atoms with Gasteiger partial charge in [-0.2, -0.15) is 0 Å². The fraction of sp³-hybridized carbons (Fsp3) is 0.441. The first-order valence-electron chi connectivity index (χ1n) is 15.3. The van der Waals surface area contributed by atoms with Crippen molar-refractivity contribution in [3.63, 3.8) is 0 Å². The molecule has 46 heavy (non-hydrogen) atoms. The van der Waals surface area contributed by atoms with Gasteiger partial charge in [0, 0.05) is 65.4 Å². The van der Waals surface area contributed by atoms with Crippen LogP contribution >= 0.6 is 0 Å². The summed E-state index contributed by atoms with van der Waals surface area (Å²) in [5, 5.41) is 25.1. The second-order valence-corrected chi connectivity index (χ2v) is 12.3. The number of ether oxygens (including phenoxy) is 1. The molecule has 4 heterocycles. The molecule has 0 bridgehead atoms. The van der Waals surface area contributed by atoms with E-state index in [9.17, 15) is 34.2 Å². The number of hydrogen-bond donors (Lipinski definition) is 6. The molecule has 2 aromatic heterocycles. The van der Waals surface area contributed by atoms with Crippen LogP contribution in [0.3, 0.4) is 0 Å². The van der Waals surface area contributed by atoms with Gasteiger partial charge in [0.05, 0.1) is 25.1 Å². The van der Waals surface area contributed by atoms with E-state index in [4.69, 9.17) is 4.74 Å². The van der Waals surface area contributed by atoms with E-state index in [0.29, 0.717) is 64.2 Å². The van der Waals surface area contributed by atoms with E-state index in [2.05, 4.69) is 27.2 Å². The van der Waals surface area contributed by atoms with Crippen molar-refractivity contribution < 1.29 is 38.9 Å². The number of aliphatic hydroxyl groups is 1. The van der Waals surface area contributed by atoms with Crippen LogP contribution in [0.1, 0.15) is 82.4 Å². The summed E-state index contributed by atoms with van der Waals surface area (Å²) in [4.78, 5) is 70.8.